The molecule has 0 aliphatic carbocycles. The lowest BCUT2D eigenvalue weighted by molar-refractivity contribution is -0.126. The van der Waals surface area contributed by atoms with E-state index in [1.165, 1.54) is 12.1 Å². The van der Waals surface area contributed by atoms with Crippen molar-refractivity contribution in [3.8, 4) is 0 Å². The Morgan fingerprint density at radius 1 is 1.21 bits per heavy atom. The minimum Gasteiger partial charge on any atom is -0.386 e. The largest absolute Gasteiger partial charge is 0.386 e. The second-order valence-electron chi connectivity index (χ2n) is 6.54. The van der Waals surface area contributed by atoms with E-state index in [9.17, 15) is 9.18 Å². The normalized spacial score (nSPS) is 15.4. The Morgan fingerprint density at radius 3 is 2.57 bits per heavy atom. The number of ether oxygens (including phenoxy) is 1. The molecule has 1 aliphatic heterocycles. The fraction of sp³-hybridized carbons (Fsp3) is 0.333. The number of amides is 1. The Morgan fingerprint density at radius 2 is 1.89 bits per heavy atom. The van der Waals surface area contributed by atoms with Crippen molar-refractivity contribution in [3.05, 3.63) is 65.5 Å². The van der Waals surface area contributed by atoms with Crippen LogP contribution in [-0.4, -0.2) is 45.0 Å². The van der Waals surface area contributed by atoms with Crippen LogP contribution in [0.2, 0.25) is 0 Å². The van der Waals surface area contributed by atoms with Gasteiger partial charge >= 0.3 is 0 Å². The molecule has 0 spiro atoms. The molecule has 1 heterocycles. The van der Waals surface area contributed by atoms with Gasteiger partial charge < -0.3 is 19.8 Å². The zero-order valence-electron chi connectivity index (χ0n) is 15.8. The van der Waals surface area contributed by atoms with Crippen LogP contribution in [0.3, 0.4) is 0 Å². The van der Waals surface area contributed by atoms with Crippen LogP contribution >= 0.6 is 0 Å². The van der Waals surface area contributed by atoms with Gasteiger partial charge in [0.2, 0.25) is 0 Å². The molecular weight excluding hydrogens is 361 g/mol. The van der Waals surface area contributed by atoms with Crippen LogP contribution < -0.4 is 10.2 Å². The van der Waals surface area contributed by atoms with E-state index in [0.29, 0.717) is 0 Å². The number of anilines is 1. The number of carbonyl (C=O) groups excluding carboxylic acids is 1. The van der Waals surface area contributed by atoms with Crippen molar-refractivity contribution in [2.75, 3.05) is 37.8 Å². The lowest BCUT2D eigenvalue weighted by atomic mass is 10.1. The van der Waals surface area contributed by atoms with Crippen LogP contribution in [0.4, 0.5) is 10.1 Å². The van der Waals surface area contributed by atoms with E-state index >= 15 is 0 Å². The molecule has 1 aliphatic rings. The molecule has 0 radical (unpaired) electrons. The molecule has 2 aromatic rings. The highest BCUT2D eigenvalue weighted by atomic mass is 19.1. The van der Waals surface area contributed by atoms with Crippen LogP contribution in [0.5, 0.6) is 0 Å². The standard InChI is InChI=1S/C21H24FN3O3/c1-16(18-4-6-19(22)7-5-18)24-21(26)15-28-23-14-17-2-8-20(9-3-17)25-10-12-27-13-11-25/h2-9,14,16H,10-13,15H2,1H3,(H,24,26). The fourth-order valence-electron chi connectivity index (χ4n) is 2.90. The number of rotatable bonds is 7. The molecule has 6 nitrogen and oxygen atoms in total. The van der Waals surface area contributed by atoms with Crippen molar-refractivity contribution >= 4 is 17.8 Å². The maximum absolute atomic E-state index is 12.9. The van der Waals surface area contributed by atoms with Gasteiger partial charge in [-0.2, -0.15) is 0 Å². The molecule has 1 atom stereocenters. The highest BCUT2D eigenvalue weighted by Gasteiger charge is 2.11. The SMILES string of the molecule is CC(NC(=O)CON=Cc1ccc(N2CCOCC2)cc1)c1ccc(F)cc1. The van der Waals surface area contributed by atoms with Gasteiger partial charge in [-0.15, -0.1) is 0 Å². The van der Waals surface area contributed by atoms with Gasteiger partial charge in [0, 0.05) is 18.8 Å². The summed E-state index contributed by atoms with van der Waals surface area (Å²) in [4.78, 5) is 19.3. The number of hydrogen-bond donors (Lipinski definition) is 1. The third kappa shape index (κ3) is 5.79. The van der Waals surface area contributed by atoms with Gasteiger partial charge in [-0.1, -0.05) is 29.4 Å². The minimum atomic E-state index is -0.307. The topological polar surface area (TPSA) is 63.2 Å². The van der Waals surface area contributed by atoms with Gasteiger partial charge in [0.1, 0.15) is 5.82 Å². The van der Waals surface area contributed by atoms with Gasteiger partial charge in [-0.05, 0) is 42.3 Å². The second kappa shape index (κ2) is 9.85. The van der Waals surface area contributed by atoms with Gasteiger partial charge in [-0.3, -0.25) is 4.79 Å². The summed E-state index contributed by atoms with van der Waals surface area (Å²) >= 11 is 0. The number of oxime groups is 1. The molecule has 7 heteroatoms. The molecule has 0 bridgehead atoms. The Kier molecular flexibility index (Phi) is 6.97. The van der Waals surface area contributed by atoms with E-state index in [-0.39, 0.29) is 24.4 Å². The summed E-state index contributed by atoms with van der Waals surface area (Å²) in [7, 11) is 0. The summed E-state index contributed by atoms with van der Waals surface area (Å²) < 4.78 is 18.3. The number of halogens is 1. The van der Waals surface area contributed by atoms with E-state index in [1.807, 2.05) is 31.2 Å². The zero-order valence-corrected chi connectivity index (χ0v) is 15.8. The van der Waals surface area contributed by atoms with E-state index in [1.54, 1.807) is 18.3 Å². The molecule has 1 fully saturated rings. The molecule has 1 N–H and O–H groups in total. The first-order valence-electron chi connectivity index (χ1n) is 9.25. The number of hydrogen-bond acceptors (Lipinski definition) is 5. The third-order valence-corrected chi connectivity index (χ3v) is 4.49. The summed E-state index contributed by atoms with van der Waals surface area (Å²) in [5.74, 6) is -0.602. The zero-order chi connectivity index (χ0) is 19.8. The molecule has 1 unspecified atom stereocenters. The smallest absolute Gasteiger partial charge is 0.261 e. The van der Waals surface area contributed by atoms with Crippen molar-refractivity contribution in [1.82, 2.24) is 5.32 Å². The average Bonchev–Trinajstić information content (AvgIpc) is 2.73. The van der Waals surface area contributed by atoms with Gasteiger partial charge in [-0.25, -0.2) is 4.39 Å². The maximum Gasteiger partial charge on any atom is 0.261 e. The summed E-state index contributed by atoms with van der Waals surface area (Å²) in [6.45, 7) is 4.92. The molecular formula is C21H24FN3O3. The molecule has 2 aromatic carbocycles. The van der Waals surface area contributed by atoms with Crippen LogP contribution in [0.25, 0.3) is 0 Å². The van der Waals surface area contributed by atoms with Crippen molar-refractivity contribution in [2.24, 2.45) is 5.16 Å². The maximum atomic E-state index is 12.9. The van der Waals surface area contributed by atoms with E-state index in [2.05, 4.69) is 15.4 Å². The lowest BCUT2D eigenvalue weighted by Gasteiger charge is -2.28. The highest BCUT2D eigenvalue weighted by molar-refractivity contribution is 5.80. The van der Waals surface area contributed by atoms with Crippen molar-refractivity contribution in [1.29, 1.82) is 0 Å². The Balaban J connectivity index is 1.41. The monoisotopic (exact) mass is 385 g/mol. The van der Waals surface area contributed by atoms with E-state index in [4.69, 9.17) is 9.57 Å². The molecule has 3 rings (SSSR count). The fourth-order valence-corrected chi connectivity index (χ4v) is 2.90. The summed E-state index contributed by atoms with van der Waals surface area (Å²) in [6, 6.07) is 13.7. The van der Waals surface area contributed by atoms with E-state index in [0.717, 1.165) is 43.1 Å². The Labute approximate surface area is 163 Å². The highest BCUT2D eigenvalue weighted by Crippen LogP contribution is 2.16. The van der Waals surface area contributed by atoms with Crippen LogP contribution in [-0.2, 0) is 14.4 Å². The first-order chi connectivity index (χ1) is 13.6. The molecule has 148 valence electrons. The van der Waals surface area contributed by atoms with Crippen molar-refractivity contribution in [3.63, 3.8) is 0 Å². The predicted molar refractivity (Wildman–Crippen MR) is 106 cm³/mol. The number of benzene rings is 2. The number of carbonyl (C=O) groups is 1. The number of nitrogens with zero attached hydrogens (tertiary/aromatic N) is 2. The Bertz CT molecular complexity index is 788. The molecule has 0 aromatic heterocycles. The number of nitrogens with one attached hydrogen (secondary N) is 1. The van der Waals surface area contributed by atoms with Crippen LogP contribution in [0.15, 0.2) is 53.7 Å². The molecule has 0 saturated carbocycles. The van der Waals surface area contributed by atoms with Gasteiger partial charge in [0.15, 0.2) is 6.61 Å². The van der Waals surface area contributed by atoms with Crippen LogP contribution in [0.1, 0.15) is 24.1 Å². The number of morpholine rings is 1. The minimum absolute atomic E-state index is 0.187. The lowest BCUT2D eigenvalue weighted by Crippen LogP contribution is -2.36. The third-order valence-electron chi connectivity index (χ3n) is 4.49. The predicted octanol–water partition coefficient (Wildman–Crippen LogP) is 2.89. The van der Waals surface area contributed by atoms with Crippen molar-refractivity contribution in [2.45, 2.75) is 13.0 Å². The van der Waals surface area contributed by atoms with Gasteiger partial charge in [0.05, 0.1) is 25.5 Å². The van der Waals surface area contributed by atoms with Crippen molar-refractivity contribution < 1.29 is 18.8 Å². The first-order valence-corrected chi connectivity index (χ1v) is 9.25. The Hall–Kier alpha value is -2.93. The quantitative estimate of drug-likeness (QED) is 0.588. The summed E-state index contributed by atoms with van der Waals surface area (Å²) in [6.07, 6.45) is 1.57. The summed E-state index contributed by atoms with van der Waals surface area (Å²) in [5, 5.41) is 6.63. The molecule has 28 heavy (non-hydrogen) atoms. The van der Waals surface area contributed by atoms with Crippen LogP contribution in [0, 0.1) is 5.82 Å². The van der Waals surface area contributed by atoms with Gasteiger partial charge in [0.25, 0.3) is 5.91 Å². The van der Waals surface area contributed by atoms with E-state index < -0.39 is 0 Å². The average molecular weight is 385 g/mol. The summed E-state index contributed by atoms with van der Waals surface area (Å²) in [5.41, 5.74) is 2.85. The molecule has 1 saturated heterocycles. The second-order valence-corrected chi connectivity index (χ2v) is 6.54. The first kappa shape index (κ1) is 19.8. The molecule has 1 amide bonds.